The molecule has 0 saturated carbocycles. The van der Waals surface area contributed by atoms with E-state index in [9.17, 15) is 9.59 Å². The smallest absolute Gasteiger partial charge is 0.254 e. The van der Waals surface area contributed by atoms with E-state index < -0.39 is 0 Å². The van der Waals surface area contributed by atoms with Gasteiger partial charge in [-0.15, -0.1) is 0 Å². The minimum atomic E-state index is -0.118. The summed E-state index contributed by atoms with van der Waals surface area (Å²) in [4.78, 5) is 28.9. The molecular weight excluding hydrogens is 408 g/mol. The van der Waals surface area contributed by atoms with E-state index in [1.54, 1.807) is 55.4 Å². The maximum atomic E-state index is 13.5. The SMILES string of the molecule is COc1cc(CN(Cc2ccco2)C(=O)c2ccc3c(c2)CCN3C(C)=O)cc(OC)c1. The molecule has 2 amide bonds. The third-order valence-corrected chi connectivity index (χ3v) is 5.60. The number of nitrogens with zero attached hydrogens (tertiary/aromatic N) is 2. The second kappa shape index (κ2) is 9.18. The molecule has 1 aliphatic rings. The van der Waals surface area contributed by atoms with Crippen LogP contribution in [0, 0.1) is 0 Å². The first kappa shape index (κ1) is 21.5. The van der Waals surface area contributed by atoms with Crippen LogP contribution in [0.15, 0.2) is 59.2 Å². The summed E-state index contributed by atoms with van der Waals surface area (Å²) in [6.45, 7) is 2.87. The van der Waals surface area contributed by atoms with E-state index in [0.717, 1.165) is 23.2 Å². The Bertz CT molecular complexity index is 1100. The molecule has 7 nitrogen and oxygen atoms in total. The predicted molar refractivity (Wildman–Crippen MR) is 120 cm³/mol. The molecule has 0 saturated heterocycles. The zero-order valence-electron chi connectivity index (χ0n) is 18.5. The lowest BCUT2D eigenvalue weighted by atomic mass is 10.1. The van der Waals surface area contributed by atoms with Crippen molar-refractivity contribution >= 4 is 17.5 Å². The molecule has 0 atom stereocenters. The topological polar surface area (TPSA) is 72.2 Å². The third-order valence-electron chi connectivity index (χ3n) is 5.60. The molecular formula is C25H26N2O5. The monoisotopic (exact) mass is 434 g/mol. The van der Waals surface area contributed by atoms with Gasteiger partial charge in [-0.3, -0.25) is 9.59 Å². The van der Waals surface area contributed by atoms with Crippen LogP contribution in [-0.2, 0) is 24.3 Å². The Hall–Kier alpha value is -3.74. The molecule has 0 unspecified atom stereocenters. The van der Waals surface area contributed by atoms with Gasteiger partial charge in [-0.05, 0) is 60.0 Å². The molecule has 0 spiro atoms. The Labute approximate surface area is 187 Å². The molecule has 7 heteroatoms. The van der Waals surface area contributed by atoms with Crippen LogP contribution in [0.2, 0.25) is 0 Å². The molecule has 0 bridgehead atoms. The van der Waals surface area contributed by atoms with Crippen LogP contribution in [0.5, 0.6) is 11.5 Å². The number of anilines is 1. The van der Waals surface area contributed by atoms with Crippen molar-refractivity contribution < 1.29 is 23.5 Å². The Balaban J connectivity index is 1.64. The first-order valence-corrected chi connectivity index (χ1v) is 10.4. The summed E-state index contributed by atoms with van der Waals surface area (Å²) in [6, 6.07) is 14.8. The number of furan rings is 1. The molecule has 0 fully saturated rings. The molecule has 2 aromatic carbocycles. The number of hydrogen-bond donors (Lipinski definition) is 0. The Morgan fingerprint density at radius 2 is 1.78 bits per heavy atom. The number of fused-ring (bicyclic) bond motifs is 1. The second-order valence-corrected chi connectivity index (χ2v) is 7.73. The first-order chi connectivity index (χ1) is 15.5. The largest absolute Gasteiger partial charge is 0.497 e. The summed E-state index contributed by atoms with van der Waals surface area (Å²) >= 11 is 0. The van der Waals surface area contributed by atoms with E-state index in [1.165, 1.54) is 0 Å². The summed E-state index contributed by atoms with van der Waals surface area (Å²) in [5.41, 5.74) is 3.34. The summed E-state index contributed by atoms with van der Waals surface area (Å²) in [6.07, 6.45) is 2.33. The van der Waals surface area contributed by atoms with Crippen molar-refractivity contribution in [3.05, 3.63) is 77.2 Å². The Morgan fingerprint density at radius 1 is 1.03 bits per heavy atom. The molecule has 1 aliphatic heterocycles. The van der Waals surface area contributed by atoms with Gasteiger partial charge in [-0.2, -0.15) is 0 Å². The van der Waals surface area contributed by atoms with Gasteiger partial charge in [0.05, 0.1) is 27.0 Å². The number of carbonyl (C=O) groups excluding carboxylic acids is 2. The van der Waals surface area contributed by atoms with Crippen molar-refractivity contribution in [2.24, 2.45) is 0 Å². The Morgan fingerprint density at radius 3 is 2.41 bits per heavy atom. The normalized spacial score (nSPS) is 12.4. The van der Waals surface area contributed by atoms with Gasteiger partial charge >= 0.3 is 0 Å². The Kier molecular flexibility index (Phi) is 6.16. The van der Waals surface area contributed by atoms with E-state index in [4.69, 9.17) is 13.9 Å². The highest BCUT2D eigenvalue weighted by Crippen LogP contribution is 2.30. The zero-order valence-corrected chi connectivity index (χ0v) is 18.5. The van der Waals surface area contributed by atoms with E-state index >= 15 is 0 Å². The number of hydrogen-bond acceptors (Lipinski definition) is 5. The van der Waals surface area contributed by atoms with Crippen molar-refractivity contribution in [1.29, 1.82) is 0 Å². The third kappa shape index (κ3) is 4.46. The number of rotatable bonds is 7. The lowest BCUT2D eigenvalue weighted by Gasteiger charge is -2.23. The van der Waals surface area contributed by atoms with E-state index in [1.807, 2.05) is 30.3 Å². The molecule has 4 rings (SSSR count). The second-order valence-electron chi connectivity index (χ2n) is 7.73. The summed E-state index contributed by atoms with van der Waals surface area (Å²) in [5.74, 6) is 1.90. The number of amides is 2. The van der Waals surface area contributed by atoms with E-state index in [-0.39, 0.29) is 11.8 Å². The standard InChI is InChI=1S/C25H26N2O5/c1-17(28)27-9-8-19-13-20(6-7-24(19)27)25(29)26(16-21-5-4-10-32-21)15-18-11-22(30-2)14-23(12-18)31-3/h4-7,10-14H,8-9,15-16H2,1-3H3. The van der Waals surface area contributed by atoms with Gasteiger partial charge < -0.3 is 23.7 Å². The molecule has 166 valence electrons. The summed E-state index contributed by atoms with van der Waals surface area (Å²) < 4.78 is 16.3. The minimum absolute atomic E-state index is 0.00856. The van der Waals surface area contributed by atoms with Gasteiger partial charge in [0.25, 0.3) is 5.91 Å². The lowest BCUT2D eigenvalue weighted by molar-refractivity contribution is -0.116. The van der Waals surface area contributed by atoms with Crippen LogP contribution >= 0.6 is 0 Å². The van der Waals surface area contributed by atoms with Crippen molar-refractivity contribution in [2.75, 3.05) is 25.7 Å². The van der Waals surface area contributed by atoms with Gasteiger partial charge in [0, 0.05) is 37.3 Å². The van der Waals surface area contributed by atoms with Gasteiger partial charge in [-0.1, -0.05) is 0 Å². The quantitative estimate of drug-likeness (QED) is 0.561. The maximum Gasteiger partial charge on any atom is 0.254 e. The van der Waals surface area contributed by atoms with E-state index in [0.29, 0.717) is 42.5 Å². The average molecular weight is 434 g/mol. The molecule has 0 radical (unpaired) electrons. The van der Waals surface area contributed by atoms with Crippen LogP contribution in [0.1, 0.15) is 34.2 Å². The van der Waals surface area contributed by atoms with Gasteiger partial charge in [0.15, 0.2) is 0 Å². The fourth-order valence-electron chi connectivity index (χ4n) is 4.01. The minimum Gasteiger partial charge on any atom is -0.497 e. The van der Waals surface area contributed by atoms with Crippen molar-refractivity contribution in [1.82, 2.24) is 4.90 Å². The van der Waals surface area contributed by atoms with Crippen LogP contribution in [-0.4, -0.2) is 37.5 Å². The average Bonchev–Trinajstić information content (AvgIpc) is 3.47. The molecule has 1 aromatic heterocycles. The highest BCUT2D eigenvalue weighted by atomic mass is 16.5. The van der Waals surface area contributed by atoms with Gasteiger partial charge in [-0.25, -0.2) is 0 Å². The first-order valence-electron chi connectivity index (χ1n) is 10.4. The molecule has 3 aromatic rings. The fraction of sp³-hybridized carbons (Fsp3) is 0.280. The van der Waals surface area contributed by atoms with Crippen LogP contribution in [0.25, 0.3) is 0 Å². The lowest BCUT2D eigenvalue weighted by Crippen LogP contribution is -2.30. The summed E-state index contributed by atoms with van der Waals surface area (Å²) in [7, 11) is 3.19. The number of ether oxygens (including phenoxy) is 2. The zero-order chi connectivity index (χ0) is 22.7. The van der Waals surface area contributed by atoms with Crippen molar-refractivity contribution in [2.45, 2.75) is 26.4 Å². The predicted octanol–water partition coefficient (Wildman–Crippen LogP) is 4.05. The molecule has 2 heterocycles. The maximum absolute atomic E-state index is 13.5. The highest BCUT2D eigenvalue weighted by molar-refractivity contribution is 5.97. The van der Waals surface area contributed by atoms with Crippen LogP contribution in [0.4, 0.5) is 5.69 Å². The van der Waals surface area contributed by atoms with Crippen molar-refractivity contribution in [3.63, 3.8) is 0 Å². The fourth-order valence-corrected chi connectivity index (χ4v) is 4.01. The summed E-state index contributed by atoms with van der Waals surface area (Å²) in [5, 5.41) is 0. The number of carbonyl (C=O) groups is 2. The van der Waals surface area contributed by atoms with Crippen LogP contribution < -0.4 is 14.4 Å². The number of benzene rings is 2. The highest BCUT2D eigenvalue weighted by Gasteiger charge is 2.25. The number of methoxy groups -OCH3 is 2. The van der Waals surface area contributed by atoms with Crippen molar-refractivity contribution in [3.8, 4) is 11.5 Å². The van der Waals surface area contributed by atoms with Crippen LogP contribution in [0.3, 0.4) is 0 Å². The molecule has 0 N–H and O–H groups in total. The van der Waals surface area contributed by atoms with Gasteiger partial charge in [0.1, 0.15) is 17.3 Å². The molecule has 0 aliphatic carbocycles. The van der Waals surface area contributed by atoms with E-state index in [2.05, 4.69) is 0 Å². The van der Waals surface area contributed by atoms with Gasteiger partial charge in [0.2, 0.25) is 5.91 Å². The molecule has 32 heavy (non-hydrogen) atoms.